The summed E-state index contributed by atoms with van der Waals surface area (Å²) >= 11 is 4.40. The zero-order chi connectivity index (χ0) is 12.0. The van der Waals surface area contributed by atoms with Crippen molar-refractivity contribution in [3.63, 3.8) is 0 Å². The molecular formula is C13H22N2S2. The van der Waals surface area contributed by atoms with E-state index in [2.05, 4.69) is 46.2 Å². The largest absolute Gasteiger partial charge is 0.337 e. The number of rotatable bonds is 6. The molecule has 0 saturated carbocycles. The summed E-state index contributed by atoms with van der Waals surface area (Å²) in [7, 11) is 0. The van der Waals surface area contributed by atoms with E-state index in [1.165, 1.54) is 43.6 Å². The molecule has 0 N–H and O–H groups in total. The maximum atomic E-state index is 4.12. The van der Waals surface area contributed by atoms with Gasteiger partial charge in [-0.2, -0.15) is 0 Å². The van der Waals surface area contributed by atoms with Crippen molar-refractivity contribution in [3.8, 4) is 0 Å². The van der Waals surface area contributed by atoms with E-state index in [0.717, 1.165) is 6.54 Å². The van der Waals surface area contributed by atoms with Crippen molar-refractivity contribution in [3.05, 3.63) is 18.7 Å². The molecule has 0 aliphatic carbocycles. The van der Waals surface area contributed by atoms with Gasteiger partial charge in [0.2, 0.25) is 0 Å². The molecule has 1 aliphatic heterocycles. The minimum Gasteiger partial charge on any atom is -0.337 e. The molecular weight excluding hydrogens is 248 g/mol. The smallest absolute Gasteiger partial charge is 0.0945 e. The lowest BCUT2D eigenvalue weighted by molar-refractivity contribution is 0.551. The standard InChI is InChI=1S/C13H22N2S2/c1-2-3-5-13(16-10-4-11-17-13)6-8-15-9-7-14-12-15/h7,9,12H,2-6,8,10-11H2,1H3. The normalized spacial score (nSPS) is 19.4. The van der Waals surface area contributed by atoms with Crippen LogP contribution in [0, 0.1) is 0 Å². The number of hydrogen-bond acceptors (Lipinski definition) is 3. The van der Waals surface area contributed by atoms with Crippen LogP contribution < -0.4 is 0 Å². The lowest BCUT2D eigenvalue weighted by atomic mass is 10.1. The third-order valence-electron chi connectivity index (χ3n) is 3.24. The first-order valence-electron chi connectivity index (χ1n) is 6.58. The van der Waals surface area contributed by atoms with Gasteiger partial charge in [-0.15, -0.1) is 23.5 Å². The third-order valence-corrected chi connectivity index (χ3v) is 6.80. The maximum absolute atomic E-state index is 4.12. The first kappa shape index (κ1) is 13.3. The molecule has 0 aromatic carbocycles. The lowest BCUT2D eigenvalue weighted by Gasteiger charge is -2.36. The molecule has 0 atom stereocenters. The van der Waals surface area contributed by atoms with Gasteiger partial charge in [-0.25, -0.2) is 4.98 Å². The van der Waals surface area contributed by atoms with Gasteiger partial charge in [0.15, 0.2) is 0 Å². The van der Waals surface area contributed by atoms with Gasteiger partial charge in [-0.3, -0.25) is 0 Å². The van der Waals surface area contributed by atoms with Gasteiger partial charge >= 0.3 is 0 Å². The van der Waals surface area contributed by atoms with Crippen LogP contribution in [-0.2, 0) is 6.54 Å². The Labute approximate surface area is 113 Å². The molecule has 1 fully saturated rings. The second kappa shape index (κ2) is 6.74. The molecule has 0 amide bonds. The van der Waals surface area contributed by atoms with Crippen molar-refractivity contribution in [2.24, 2.45) is 0 Å². The summed E-state index contributed by atoms with van der Waals surface area (Å²) in [4.78, 5) is 4.12. The summed E-state index contributed by atoms with van der Waals surface area (Å²) in [5.41, 5.74) is 0. The Morgan fingerprint density at radius 3 is 2.76 bits per heavy atom. The van der Waals surface area contributed by atoms with Crippen LogP contribution in [0.2, 0.25) is 0 Å². The van der Waals surface area contributed by atoms with Gasteiger partial charge in [0.05, 0.1) is 10.4 Å². The fourth-order valence-corrected chi connectivity index (χ4v) is 5.58. The van der Waals surface area contributed by atoms with Crippen molar-refractivity contribution in [2.75, 3.05) is 11.5 Å². The van der Waals surface area contributed by atoms with Crippen LogP contribution in [0.4, 0.5) is 0 Å². The summed E-state index contributed by atoms with van der Waals surface area (Å²) in [5.74, 6) is 2.70. The Morgan fingerprint density at radius 2 is 2.12 bits per heavy atom. The summed E-state index contributed by atoms with van der Waals surface area (Å²) < 4.78 is 2.70. The summed E-state index contributed by atoms with van der Waals surface area (Å²) in [6.45, 7) is 3.41. The molecule has 96 valence electrons. The molecule has 1 saturated heterocycles. The van der Waals surface area contributed by atoms with Crippen molar-refractivity contribution in [1.82, 2.24) is 9.55 Å². The molecule has 2 nitrogen and oxygen atoms in total. The number of nitrogens with zero attached hydrogens (tertiary/aromatic N) is 2. The number of thioether (sulfide) groups is 2. The SMILES string of the molecule is CCCCC1(CCn2ccnc2)SCCCS1. The third kappa shape index (κ3) is 3.95. The minimum atomic E-state index is 0.485. The average Bonchev–Trinajstić information content (AvgIpc) is 2.89. The van der Waals surface area contributed by atoms with Crippen molar-refractivity contribution in [1.29, 1.82) is 0 Å². The first-order chi connectivity index (χ1) is 8.35. The highest BCUT2D eigenvalue weighted by atomic mass is 32.2. The van der Waals surface area contributed by atoms with Crippen LogP contribution >= 0.6 is 23.5 Å². The molecule has 0 radical (unpaired) electrons. The predicted octanol–water partition coefficient (Wildman–Crippen LogP) is 4.03. The maximum Gasteiger partial charge on any atom is 0.0945 e. The Kier molecular flexibility index (Phi) is 5.29. The van der Waals surface area contributed by atoms with Gasteiger partial charge in [-0.05, 0) is 30.8 Å². The molecule has 0 spiro atoms. The Bertz CT molecular complexity index is 305. The average molecular weight is 270 g/mol. The van der Waals surface area contributed by atoms with Crippen LogP contribution in [0.5, 0.6) is 0 Å². The molecule has 1 aliphatic rings. The van der Waals surface area contributed by atoms with E-state index < -0.39 is 0 Å². The van der Waals surface area contributed by atoms with Crippen molar-refractivity contribution >= 4 is 23.5 Å². The summed E-state index contributed by atoms with van der Waals surface area (Å²) in [6.07, 6.45) is 12.6. The predicted molar refractivity (Wildman–Crippen MR) is 78.6 cm³/mol. The molecule has 1 aromatic rings. The van der Waals surface area contributed by atoms with E-state index in [1.807, 2.05) is 12.5 Å². The fourth-order valence-electron chi connectivity index (χ4n) is 2.20. The highest BCUT2D eigenvalue weighted by molar-refractivity contribution is 8.18. The second-order valence-corrected chi connectivity index (χ2v) is 7.83. The van der Waals surface area contributed by atoms with E-state index in [-0.39, 0.29) is 0 Å². The van der Waals surface area contributed by atoms with Gasteiger partial charge < -0.3 is 4.57 Å². The Hall–Kier alpha value is -0.0900. The first-order valence-corrected chi connectivity index (χ1v) is 8.55. The monoisotopic (exact) mass is 270 g/mol. The van der Waals surface area contributed by atoms with E-state index in [9.17, 15) is 0 Å². The molecule has 2 heterocycles. The fraction of sp³-hybridized carbons (Fsp3) is 0.769. The zero-order valence-electron chi connectivity index (χ0n) is 10.6. The van der Waals surface area contributed by atoms with E-state index >= 15 is 0 Å². The highest BCUT2D eigenvalue weighted by Crippen LogP contribution is 2.48. The second-order valence-electron chi connectivity index (χ2n) is 4.62. The molecule has 17 heavy (non-hydrogen) atoms. The minimum absolute atomic E-state index is 0.485. The summed E-state index contributed by atoms with van der Waals surface area (Å²) in [5, 5.41) is 0. The van der Waals surface area contributed by atoms with Crippen LogP contribution in [0.25, 0.3) is 0 Å². The molecule has 2 rings (SSSR count). The quantitative estimate of drug-likeness (QED) is 0.777. The number of aryl methyl sites for hydroxylation is 1. The van der Waals surface area contributed by atoms with Crippen molar-refractivity contribution < 1.29 is 0 Å². The van der Waals surface area contributed by atoms with Gasteiger partial charge in [-0.1, -0.05) is 19.8 Å². The van der Waals surface area contributed by atoms with Gasteiger partial charge in [0.25, 0.3) is 0 Å². The number of imidazole rings is 1. The summed E-state index contributed by atoms with van der Waals surface area (Å²) in [6, 6.07) is 0. The van der Waals surface area contributed by atoms with Crippen LogP contribution in [0.1, 0.15) is 39.0 Å². The van der Waals surface area contributed by atoms with Crippen LogP contribution in [0.3, 0.4) is 0 Å². The van der Waals surface area contributed by atoms with E-state index in [4.69, 9.17) is 0 Å². The Morgan fingerprint density at radius 1 is 1.29 bits per heavy atom. The Balaban J connectivity index is 1.90. The topological polar surface area (TPSA) is 17.8 Å². The highest BCUT2D eigenvalue weighted by Gasteiger charge is 2.32. The number of unbranched alkanes of at least 4 members (excludes halogenated alkanes) is 1. The van der Waals surface area contributed by atoms with Gasteiger partial charge in [0.1, 0.15) is 0 Å². The van der Waals surface area contributed by atoms with Gasteiger partial charge in [0, 0.05) is 18.9 Å². The zero-order valence-corrected chi connectivity index (χ0v) is 12.2. The molecule has 4 heteroatoms. The van der Waals surface area contributed by atoms with Crippen LogP contribution in [-0.4, -0.2) is 25.1 Å². The van der Waals surface area contributed by atoms with Crippen LogP contribution in [0.15, 0.2) is 18.7 Å². The lowest BCUT2D eigenvalue weighted by Crippen LogP contribution is -2.26. The molecule has 1 aromatic heterocycles. The van der Waals surface area contributed by atoms with Crippen molar-refractivity contribution in [2.45, 2.75) is 49.7 Å². The molecule has 0 unspecified atom stereocenters. The number of aromatic nitrogens is 2. The molecule has 0 bridgehead atoms. The van der Waals surface area contributed by atoms with E-state index in [0.29, 0.717) is 4.08 Å². The van der Waals surface area contributed by atoms with E-state index in [1.54, 1.807) is 0 Å². The number of hydrogen-bond donors (Lipinski definition) is 0.